The summed E-state index contributed by atoms with van der Waals surface area (Å²) in [4.78, 5) is 33.0. The number of benzene rings is 1. The van der Waals surface area contributed by atoms with Crippen molar-refractivity contribution in [2.75, 3.05) is 5.32 Å². The second kappa shape index (κ2) is 5.96. The number of carboxylic acids is 1. The molecular formula is C12H13ClN2O6. The lowest BCUT2D eigenvalue weighted by atomic mass is 10.1. The van der Waals surface area contributed by atoms with Gasteiger partial charge in [0.25, 0.3) is 5.69 Å². The minimum atomic E-state index is -1.50. The lowest BCUT2D eigenvalue weighted by Gasteiger charge is -2.20. The first-order valence-electron chi connectivity index (χ1n) is 5.73. The molecule has 0 spiro atoms. The van der Waals surface area contributed by atoms with E-state index in [1.165, 1.54) is 0 Å². The van der Waals surface area contributed by atoms with Gasteiger partial charge in [-0.3, -0.25) is 15.4 Å². The molecule has 0 bridgehead atoms. The van der Waals surface area contributed by atoms with Crippen molar-refractivity contribution in [3.05, 3.63) is 32.8 Å². The molecular weight excluding hydrogens is 304 g/mol. The molecule has 8 nitrogen and oxygen atoms in total. The average molecular weight is 317 g/mol. The SMILES string of the molecule is CC(C)(C)OC(=O)Nc1c([N+](=O)[O-])ccc(Cl)c1C(=O)O. The van der Waals surface area contributed by atoms with Gasteiger partial charge in [-0.25, -0.2) is 9.59 Å². The number of nitrogens with zero attached hydrogens (tertiary/aromatic N) is 1. The monoisotopic (exact) mass is 316 g/mol. The van der Waals surface area contributed by atoms with Crippen LogP contribution in [-0.2, 0) is 4.74 Å². The molecule has 1 amide bonds. The van der Waals surface area contributed by atoms with Crippen LogP contribution < -0.4 is 5.32 Å². The van der Waals surface area contributed by atoms with E-state index < -0.39 is 39.5 Å². The van der Waals surface area contributed by atoms with E-state index in [1.807, 2.05) is 0 Å². The highest BCUT2D eigenvalue weighted by Crippen LogP contribution is 2.34. The number of carbonyl (C=O) groups excluding carboxylic acids is 1. The zero-order valence-electron chi connectivity index (χ0n) is 11.5. The van der Waals surface area contributed by atoms with Gasteiger partial charge in [0.05, 0.1) is 9.95 Å². The maximum Gasteiger partial charge on any atom is 0.412 e. The fourth-order valence-electron chi connectivity index (χ4n) is 1.46. The Morgan fingerprint density at radius 3 is 2.38 bits per heavy atom. The summed E-state index contributed by atoms with van der Waals surface area (Å²) in [5.74, 6) is -1.50. The third kappa shape index (κ3) is 4.32. The molecule has 0 atom stereocenters. The second-order valence-electron chi connectivity index (χ2n) is 5.01. The van der Waals surface area contributed by atoms with Crippen molar-refractivity contribution in [1.29, 1.82) is 0 Å². The number of carbonyl (C=O) groups is 2. The number of hydrogen-bond donors (Lipinski definition) is 2. The maximum absolute atomic E-state index is 11.7. The molecule has 9 heteroatoms. The lowest BCUT2D eigenvalue weighted by molar-refractivity contribution is -0.384. The number of nitrogens with one attached hydrogen (secondary N) is 1. The van der Waals surface area contributed by atoms with Gasteiger partial charge >= 0.3 is 12.1 Å². The van der Waals surface area contributed by atoms with Crippen LogP contribution in [0.3, 0.4) is 0 Å². The van der Waals surface area contributed by atoms with E-state index in [-0.39, 0.29) is 5.02 Å². The molecule has 2 N–H and O–H groups in total. The number of rotatable bonds is 3. The van der Waals surface area contributed by atoms with Gasteiger partial charge in [-0.15, -0.1) is 0 Å². The van der Waals surface area contributed by atoms with Crippen LogP contribution in [0.5, 0.6) is 0 Å². The third-order valence-electron chi connectivity index (χ3n) is 2.17. The second-order valence-corrected chi connectivity index (χ2v) is 5.41. The van der Waals surface area contributed by atoms with E-state index in [0.717, 1.165) is 12.1 Å². The molecule has 114 valence electrons. The van der Waals surface area contributed by atoms with Gasteiger partial charge in [0, 0.05) is 6.07 Å². The standard InChI is InChI=1S/C12H13ClN2O6/c1-12(2,3)21-11(18)14-9-7(15(19)20)5-4-6(13)8(9)10(16)17/h4-5H,1-3H3,(H,14,18)(H,16,17). The van der Waals surface area contributed by atoms with Gasteiger partial charge in [-0.1, -0.05) is 11.6 Å². The van der Waals surface area contributed by atoms with E-state index in [1.54, 1.807) is 20.8 Å². The number of nitro groups is 1. The molecule has 0 heterocycles. The van der Waals surface area contributed by atoms with Crippen molar-refractivity contribution in [3.8, 4) is 0 Å². The van der Waals surface area contributed by atoms with Gasteiger partial charge in [-0.2, -0.15) is 0 Å². The fourth-order valence-corrected chi connectivity index (χ4v) is 1.70. The number of hydrogen-bond acceptors (Lipinski definition) is 5. The first-order valence-corrected chi connectivity index (χ1v) is 6.11. The van der Waals surface area contributed by atoms with Crippen molar-refractivity contribution in [2.24, 2.45) is 0 Å². The highest BCUT2D eigenvalue weighted by Gasteiger charge is 2.27. The summed E-state index contributed by atoms with van der Waals surface area (Å²) in [6.07, 6.45) is -1.02. The van der Waals surface area contributed by atoms with Crippen molar-refractivity contribution in [3.63, 3.8) is 0 Å². The summed E-state index contributed by atoms with van der Waals surface area (Å²) in [5, 5.41) is 21.9. The predicted octanol–water partition coefficient (Wildman–Crippen LogP) is 3.29. The number of carboxylic acid groups (broad SMARTS) is 1. The first kappa shape index (κ1) is 16.7. The summed E-state index contributed by atoms with van der Waals surface area (Å²) in [6.45, 7) is 4.78. The molecule has 0 unspecified atom stereocenters. The summed E-state index contributed by atoms with van der Waals surface area (Å²) in [7, 11) is 0. The minimum Gasteiger partial charge on any atom is -0.478 e. The van der Waals surface area contributed by atoms with Crippen LogP contribution in [0, 0.1) is 10.1 Å². The van der Waals surface area contributed by atoms with Crippen LogP contribution in [0.2, 0.25) is 5.02 Å². The molecule has 0 saturated carbocycles. The minimum absolute atomic E-state index is 0.237. The highest BCUT2D eigenvalue weighted by atomic mass is 35.5. The number of nitro benzene ring substituents is 1. The van der Waals surface area contributed by atoms with Gasteiger partial charge in [0.1, 0.15) is 16.9 Å². The normalized spacial score (nSPS) is 10.9. The fraction of sp³-hybridized carbons (Fsp3) is 0.333. The summed E-state index contributed by atoms with van der Waals surface area (Å²) < 4.78 is 4.94. The summed E-state index contributed by atoms with van der Waals surface area (Å²) in [6, 6.07) is 2.07. The number of halogens is 1. The number of ether oxygens (including phenoxy) is 1. The molecule has 0 aliphatic rings. The zero-order chi connectivity index (χ0) is 16.4. The quantitative estimate of drug-likeness (QED) is 0.652. The number of amides is 1. The van der Waals surface area contributed by atoms with E-state index in [9.17, 15) is 19.7 Å². The van der Waals surface area contributed by atoms with E-state index in [0.29, 0.717) is 0 Å². The third-order valence-corrected chi connectivity index (χ3v) is 2.48. The lowest BCUT2D eigenvalue weighted by Crippen LogP contribution is -2.28. The Balaban J connectivity index is 3.31. The first-order chi connectivity index (χ1) is 9.53. The van der Waals surface area contributed by atoms with E-state index in [2.05, 4.69) is 5.32 Å². The van der Waals surface area contributed by atoms with Crippen molar-refractivity contribution < 1.29 is 24.4 Å². The zero-order valence-corrected chi connectivity index (χ0v) is 12.2. The number of anilines is 1. The van der Waals surface area contributed by atoms with Crippen molar-refractivity contribution in [2.45, 2.75) is 26.4 Å². The van der Waals surface area contributed by atoms with Gasteiger partial charge in [0.2, 0.25) is 0 Å². The Morgan fingerprint density at radius 2 is 1.95 bits per heavy atom. The van der Waals surface area contributed by atoms with Crippen LogP contribution in [0.25, 0.3) is 0 Å². The van der Waals surface area contributed by atoms with Crippen LogP contribution in [-0.4, -0.2) is 27.7 Å². The van der Waals surface area contributed by atoms with E-state index in [4.69, 9.17) is 21.4 Å². The van der Waals surface area contributed by atoms with Gasteiger partial charge < -0.3 is 9.84 Å². The van der Waals surface area contributed by atoms with Crippen LogP contribution in [0.1, 0.15) is 31.1 Å². The molecule has 0 aliphatic carbocycles. The summed E-state index contributed by atoms with van der Waals surface area (Å²) in [5.41, 5.74) is -2.53. The number of aromatic carboxylic acids is 1. The topological polar surface area (TPSA) is 119 Å². The summed E-state index contributed by atoms with van der Waals surface area (Å²) >= 11 is 5.72. The molecule has 21 heavy (non-hydrogen) atoms. The molecule has 0 aliphatic heterocycles. The molecule has 0 radical (unpaired) electrons. The molecule has 1 rings (SSSR count). The molecule has 0 aromatic heterocycles. The molecule has 1 aromatic carbocycles. The maximum atomic E-state index is 11.7. The predicted molar refractivity (Wildman–Crippen MR) is 74.9 cm³/mol. The highest BCUT2D eigenvalue weighted by molar-refractivity contribution is 6.34. The van der Waals surface area contributed by atoms with Gasteiger partial charge in [-0.05, 0) is 26.8 Å². The largest absolute Gasteiger partial charge is 0.478 e. The smallest absolute Gasteiger partial charge is 0.412 e. The Hall–Kier alpha value is -2.35. The van der Waals surface area contributed by atoms with Crippen LogP contribution >= 0.6 is 11.6 Å². The Kier molecular flexibility index (Phi) is 4.74. The van der Waals surface area contributed by atoms with Crippen molar-refractivity contribution in [1.82, 2.24) is 0 Å². The van der Waals surface area contributed by atoms with E-state index >= 15 is 0 Å². The van der Waals surface area contributed by atoms with Crippen LogP contribution in [0.4, 0.5) is 16.2 Å². The van der Waals surface area contributed by atoms with Crippen molar-refractivity contribution >= 4 is 35.0 Å². The molecule has 1 aromatic rings. The molecule has 0 saturated heterocycles. The molecule has 0 fully saturated rings. The van der Waals surface area contributed by atoms with Gasteiger partial charge in [0.15, 0.2) is 0 Å². The average Bonchev–Trinajstić information content (AvgIpc) is 2.24. The van der Waals surface area contributed by atoms with Crippen LogP contribution in [0.15, 0.2) is 12.1 Å². The Morgan fingerprint density at radius 1 is 1.38 bits per heavy atom. The Bertz CT molecular complexity index is 609. The Labute approximate surface area is 124 Å².